The molecular formula is C9H10O3. The van der Waals surface area contributed by atoms with Crippen LogP contribution in [0.15, 0.2) is 12.1 Å². The van der Waals surface area contributed by atoms with Crippen LogP contribution in [-0.4, -0.2) is 18.5 Å². The summed E-state index contributed by atoms with van der Waals surface area (Å²) < 4.78 is 4.88. The van der Waals surface area contributed by atoms with Crippen LogP contribution in [-0.2, 0) is 0 Å². The number of methoxy groups -OCH3 is 1. The predicted molar refractivity (Wildman–Crippen MR) is 44.8 cm³/mol. The van der Waals surface area contributed by atoms with Crippen molar-refractivity contribution in [3.63, 3.8) is 0 Å². The highest BCUT2D eigenvalue weighted by atomic mass is 16.5. The molecule has 0 saturated carbocycles. The molecule has 1 aromatic carbocycles. The van der Waals surface area contributed by atoms with Crippen LogP contribution in [0.25, 0.3) is 0 Å². The molecule has 0 atom stereocenters. The molecule has 0 aromatic heterocycles. The largest absolute Gasteiger partial charge is 0.508 e. The Morgan fingerprint density at radius 2 is 2.17 bits per heavy atom. The molecule has 3 heteroatoms. The Balaban J connectivity index is 3.28. The number of aromatic hydroxyl groups is 1. The zero-order valence-corrected chi connectivity index (χ0v) is 7.00. The van der Waals surface area contributed by atoms with E-state index in [2.05, 4.69) is 0 Å². The van der Waals surface area contributed by atoms with E-state index >= 15 is 0 Å². The molecule has 64 valence electrons. The van der Waals surface area contributed by atoms with Gasteiger partial charge in [0, 0.05) is 6.07 Å². The lowest BCUT2D eigenvalue weighted by atomic mass is 10.1. The zero-order chi connectivity index (χ0) is 9.14. The molecule has 0 saturated heterocycles. The van der Waals surface area contributed by atoms with Crippen LogP contribution in [0.5, 0.6) is 11.5 Å². The van der Waals surface area contributed by atoms with Crippen molar-refractivity contribution >= 4 is 6.29 Å². The number of rotatable bonds is 2. The lowest BCUT2D eigenvalue weighted by Gasteiger charge is -2.05. The Hall–Kier alpha value is -1.51. The Kier molecular flexibility index (Phi) is 2.33. The number of carbonyl (C=O) groups excluding carboxylic acids is 1. The van der Waals surface area contributed by atoms with E-state index in [9.17, 15) is 9.90 Å². The normalized spacial score (nSPS) is 9.50. The van der Waals surface area contributed by atoms with Gasteiger partial charge in [-0.1, -0.05) is 0 Å². The maximum absolute atomic E-state index is 10.5. The van der Waals surface area contributed by atoms with Gasteiger partial charge in [0.2, 0.25) is 0 Å². The third-order valence-corrected chi connectivity index (χ3v) is 1.68. The summed E-state index contributed by atoms with van der Waals surface area (Å²) >= 11 is 0. The molecule has 0 heterocycles. The van der Waals surface area contributed by atoms with Gasteiger partial charge in [-0.15, -0.1) is 0 Å². The molecule has 12 heavy (non-hydrogen) atoms. The van der Waals surface area contributed by atoms with Crippen LogP contribution in [0.3, 0.4) is 0 Å². The van der Waals surface area contributed by atoms with Gasteiger partial charge in [0.15, 0.2) is 6.29 Å². The van der Waals surface area contributed by atoms with Crippen LogP contribution in [0.1, 0.15) is 15.9 Å². The van der Waals surface area contributed by atoms with E-state index in [0.717, 1.165) is 0 Å². The molecule has 0 aliphatic rings. The average Bonchev–Trinajstić information content (AvgIpc) is 2.09. The molecule has 3 nitrogen and oxygen atoms in total. The zero-order valence-electron chi connectivity index (χ0n) is 7.00. The number of aldehydes is 1. The molecule has 1 rings (SSSR count). The summed E-state index contributed by atoms with van der Waals surface area (Å²) in [5.74, 6) is 0.533. The van der Waals surface area contributed by atoms with Gasteiger partial charge in [-0.25, -0.2) is 0 Å². The first-order valence-corrected chi connectivity index (χ1v) is 3.52. The summed E-state index contributed by atoms with van der Waals surface area (Å²) in [7, 11) is 1.46. The highest BCUT2D eigenvalue weighted by Crippen LogP contribution is 2.26. The third-order valence-electron chi connectivity index (χ3n) is 1.68. The second-order valence-electron chi connectivity index (χ2n) is 2.50. The van der Waals surface area contributed by atoms with E-state index in [4.69, 9.17) is 4.74 Å². The number of hydrogen-bond donors (Lipinski definition) is 1. The fourth-order valence-corrected chi connectivity index (χ4v) is 0.969. The molecule has 1 aromatic rings. The minimum atomic E-state index is 0.137. The fourth-order valence-electron chi connectivity index (χ4n) is 0.969. The number of carbonyl (C=O) groups is 1. The van der Waals surface area contributed by atoms with Gasteiger partial charge in [-0.3, -0.25) is 4.79 Å². The highest BCUT2D eigenvalue weighted by molar-refractivity contribution is 5.80. The number of benzene rings is 1. The quantitative estimate of drug-likeness (QED) is 0.677. The van der Waals surface area contributed by atoms with E-state index in [1.807, 2.05) is 0 Å². The van der Waals surface area contributed by atoms with Crippen LogP contribution in [0.4, 0.5) is 0 Å². The molecule has 0 amide bonds. The molecular weight excluding hydrogens is 156 g/mol. The summed E-state index contributed by atoms with van der Waals surface area (Å²) in [6.45, 7) is 1.72. The van der Waals surface area contributed by atoms with Crippen LogP contribution < -0.4 is 4.74 Å². The fraction of sp³-hybridized carbons (Fsp3) is 0.222. The van der Waals surface area contributed by atoms with Gasteiger partial charge in [0.1, 0.15) is 11.5 Å². The minimum Gasteiger partial charge on any atom is -0.508 e. The Morgan fingerprint density at radius 3 is 2.67 bits per heavy atom. The van der Waals surface area contributed by atoms with Crippen LogP contribution >= 0.6 is 0 Å². The van der Waals surface area contributed by atoms with E-state index in [0.29, 0.717) is 23.2 Å². The molecule has 0 fully saturated rings. The van der Waals surface area contributed by atoms with E-state index < -0.39 is 0 Å². The molecule has 0 aliphatic carbocycles. The number of hydrogen-bond acceptors (Lipinski definition) is 3. The van der Waals surface area contributed by atoms with E-state index in [-0.39, 0.29) is 5.75 Å². The summed E-state index contributed by atoms with van der Waals surface area (Å²) in [5, 5.41) is 9.26. The first-order valence-electron chi connectivity index (χ1n) is 3.52. The van der Waals surface area contributed by atoms with Gasteiger partial charge in [-0.05, 0) is 18.6 Å². The summed E-state index contributed by atoms with van der Waals surface area (Å²) in [6.07, 6.45) is 0.700. The number of ether oxygens (including phenoxy) is 1. The second kappa shape index (κ2) is 3.26. The molecule has 1 N–H and O–H groups in total. The first-order chi connectivity index (χ1) is 5.69. The number of phenols is 1. The lowest BCUT2D eigenvalue weighted by molar-refractivity contribution is 0.112. The van der Waals surface area contributed by atoms with E-state index in [1.54, 1.807) is 13.0 Å². The Labute approximate surface area is 70.6 Å². The van der Waals surface area contributed by atoms with Crippen LogP contribution in [0.2, 0.25) is 0 Å². The number of aryl methyl sites for hydroxylation is 1. The molecule has 0 spiro atoms. The van der Waals surface area contributed by atoms with E-state index in [1.165, 1.54) is 13.2 Å². The second-order valence-corrected chi connectivity index (χ2v) is 2.50. The topological polar surface area (TPSA) is 46.5 Å². The summed E-state index contributed by atoms with van der Waals surface area (Å²) in [5.41, 5.74) is 1.12. The maximum Gasteiger partial charge on any atom is 0.153 e. The summed E-state index contributed by atoms with van der Waals surface area (Å²) in [4.78, 5) is 10.5. The number of phenolic OH excluding ortho intramolecular Hbond substituents is 1. The highest BCUT2D eigenvalue weighted by Gasteiger charge is 2.05. The third kappa shape index (κ3) is 1.39. The molecule has 0 radical (unpaired) electrons. The predicted octanol–water partition coefficient (Wildman–Crippen LogP) is 1.52. The van der Waals surface area contributed by atoms with Crippen LogP contribution in [0, 0.1) is 6.92 Å². The van der Waals surface area contributed by atoms with Crippen molar-refractivity contribution in [3.8, 4) is 11.5 Å². The first kappa shape index (κ1) is 8.59. The minimum absolute atomic E-state index is 0.137. The Morgan fingerprint density at radius 1 is 1.50 bits per heavy atom. The molecule has 0 aliphatic heterocycles. The van der Waals surface area contributed by atoms with Gasteiger partial charge >= 0.3 is 0 Å². The van der Waals surface area contributed by atoms with Gasteiger partial charge < -0.3 is 9.84 Å². The van der Waals surface area contributed by atoms with Crippen molar-refractivity contribution in [1.82, 2.24) is 0 Å². The maximum atomic E-state index is 10.5. The standard InChI is InChI=1S/C9H10O3/c1-6-3-7(5-10)9(12-2)4-8(6)11/h3-5,11H,1-2H3. The van der Waals surface area contributed by atoms with Gasteiger partial charge in [-0.2, -0.15) is 0 Å². The Bertz CT molecular complexity index is 305. The lowest BCUT2D eigenvalue weighted by Crippen LogP contribution is -1.91. The molecule has 0 bridgehead atoms. The average molecular weight is 166 g/mol. The van der Waals surface area contributed by atoms with Crippen molar-refractivity contribution in [3.05, 3.63) is 23.3 Å². The van der Waals surface area contributed by atoms with Crippen molar-refractivity contribution < 1.29 is 14.6 Å². The smallest absolute Gasteiger partial charge is 0.153 e. The SMILES string of the molecule is COc1cc(O)c(C)cc1C=O. The van der Waals surface area contributed by atoms with Gasteiger partial charge in [0.05, 0.1) is 12.7 Å². The van der Waals surface area contributed by atoms with Crippen molar-refractivity contribution in [2.24, 2.45) is 0 Å². The van der Waals surface area contributed by atoms with Crippen molar-refractivity contribution in [2.75, 3.05) is 7.11 Å². The monoisotopic (exact) mass is 166 g/mol. The van der Waals surface area contributed by atoms with Gasteiger partial charge in [0.25, 0.3) is 0 Å². The van der Waals surface area contributed by atoms with Crippen molar-refractivity contribution in [1.29, 1.82) is 0 Å². The summed E-state index contributed by atoms with van der Waals surface area (Å²) in [6, 6.07) is 3.01. The van der Waals surface area contributed by atoms with Crippen molar-refractivity contribution in [2.45, 2.75) is 6.92 Å². The molecule has 0 unspecified atom stereocenters.